The number of thioether (sulfide) groups is 1. The average molecular weight is 145 g/mol. The van der Waals surface area contributed by atoms with Gasteiger partial charge in [0.1, 0.15) is 0 Å². The monoisotopic (exact) mass is 145 g/mol. The Morgan fingerprint density at radius 1 is 1.44 bits per heavy atom. The molecule has 1 rings (SSSR count). The first-order valence-electron chi connectivity index (χ1n) is 3.64. The van der Waals surface area contributed by atoms with Crippen LogP contribution < -0.4 is 5.32 Å². The van der Waals surface area contributed by atoms with Crippen LogP contribution in [0.5, 0.6) is 0 Å². The van der Waals surface area contributed by atoms with Crippen molar-refractivity contribution in [2.75, 3.05) is 12.3 Å². The van der Waals surface area contributed by atoms with E-state index in [0.29, 0.717) is 0 Å². The van der Waals surface area contributed by atoms with E-state index in [-0.39, 0.29) is 0 Å². The molecule has 1 N–H and O–H groups in total. The molecule has 2 atom stereocenters. The molecule has 0 aromatic heterocycles. The zero-order valence-electron chi connectivity index (χ0n) is 6.18. The highest BCUT2D eigenvalue weighted by molar-refractivity contribution is 7.99. The van der Waals surface area contributed by atoms with E-state index >= 15 is 0 Å². The van der Waals surface area contributed by atoms with Crippen molar-refractivity contribution >= 4 is 11.8 Å². The maximum absolute atomic E-state index is 3.47. The molecule has 0 spiro atoms. The van der Waals surface area contributed by atoms with Gasteiger partial charge in [-0.3, -0.25) is 0 Å². The first-order valence-corrected chi connectivity index (χ1v) is 4.69. The number of hydrogen-bond acceptors (Lipinski definition) is 2. The molecule has 9 heavy (non-hydrogen) atoms. The lowest BCUT2D eigenvalue weighted by Gasteiger charge is -2.08. The van der Waals surface area contributed by atoms with Crippen LogP contribution >= 0.6 is 11.8 Å². The van der Waals surface area contributed by atoms with E-state index in [1.54, 1.807) is 0 Å². The van der Waals surface area contributed by atoms with Gasteiger partial charge >= 0.3 is 0 Å². The standard InChI is InChI=1S/C7H15NS/c1-6-3-4-9-7(2)5-8-6/h6-8H,3-5H2,1-2H3. The molecule has 0 bridgehead atoms. The highest BCUT2D eigenvalue weighted by Crippen LogP contribution is 2.15. The predicted octanol–water partition coefficient (Wildman–Crippen LogP) is 1.49. The number of nitrogens with one attached hydrogen (secondary N) is 1. The minimum atomic E-state index is 0.738. The molecule has 1 heterocycles. The van der Waals surface area contributed by atoms with Gasteiger partial charge in [-0.1, -0.05) is 6.92 Å². The molecule has 0 saturated carbocycles. The Hall–Kier alpha value is 0.310. The van der Waals surface area contributed by atoms with Crippen LogP contribution in [0.4, 0.5) is 0 Å². The van der Waals surface area contributed by atoms with Crippen LogP contribution in [0.25, 0.3) is 0 Å². The predicted molar refractivity (Wildman–Crippen MR) is 44.0 cm³/mol. The van der Waals surface area contributed by atoms with Crippen molar-refractivity contribution in [1.29, 1.82) is 0 Å². The summed E-state index contributed by atoms with van der Waals surface area (Å²) in [7, 11) is 0. The van der Waals surface area contributed by atoms with Crippen LogP contribution in [0.3, 0.4) is 0 Å². The molecule has 1 saturated heterocycles. The molecule has 54 valence electrons. The molecule has 2 heteroatoms. The Kier molecular flexibility index (Phi) is 2.86. The van der Waals surface area contributed by atoms with Gasteiger partial charge in [0, 0.05) is 17.8 Å². The smallest absolute Gasteiger partial charge is 0.0144 e. The van der Waals surface area contributed by atoms with E-state index < -0.39 is 0 Å². The third-order valence-corrected chi connectivity index (χ3v) is 2.91. The van der Waals surface area contributed by atoms with Gasteiger partial charge in [0.15, 0.2) is 0 Å². The Balaban J connectivity index is 2.25. The molecule has 0 aromatic carbocycles. The van der Waals surface area contributed by atoms with Crippen LogP contribution in [0.1, 0.15) is 20.3 Å². The first-order chi connectivity index (χ1) is 4.29. The first kappa shape index (κ1) is 7.42. The van der Waals surface area contributed by atoms with Crippen molar-refractivity contribution in [3.63, 3.8) is 0 Å². The van der Waals surface area contributed by atoms with E-state index in [9.17, 15) is 0 Å². The SMILES string of the molecule is CC1CCSC(C)CN1. The average Bonchev–Trinajstić information content (AvgIpc) is 1.97. The molecule has 0 radical (unpaired) electrons. The summed E-state index contributed by atoms with van der Waals surface area (Å²) in [6.45, 7) is 5.74. The van der Waals surface area contributed by atoms with Gasteiger partial charge in [0.25, 0.3) is 0 Å². The molecule has 1 nitrogen and oxygen atoms in total. The Labute approximate surface area is 61.6 Å². The second-order valence-electron chi connectivity index (χ2n) is 2.78. The lowest BCUT2D eigenvalue weighted by atomic mass is 10.2. The van der Waals surface area contributed by atoms with Crippen molar-refractivity contribution in [2.24, 2.45) is 0 Å². The third-order valence-electron chi connectivity index (χ3n) is 1.71. The molecule has 1 fully saturated rings. The summed E-state index contributed by atoms with van der Waals surface area (Å²) in [5.41, 5.74) is 0. The summed E-state index contributed by atoms with van der Waals surface area (Å²) in [6, 6.07) is 0.738. The molecule has 0 amide bonds. The second-order valence-corrected chi connectivity index (χ2v) is 4.33. The van der Waals surface area contributed by atoms with E-state index in [1.807, 2.05) is 0 Å². The lowest BCUT2D eigenvalue weighted by Crippen LogP contribution is -2.28. The fraction of sp³-hybridized carbons (Fsp3) is 1.00. The summed E-state index contributed by atoms with van der Waals surface area (Å²) < 4.78 is 0. The summed E-state index contributed by atoms with van der Waals surface area (Å²) >= 11 is 2.08. The third kappa shape index (κ3) is 2.59. The van der Waals surface area contributed by atoms with Gasteiger partial charge in [-0.15, -0.1) is 0 Å². The lowest BCUT2D eigenvalue weighted by molar-refractivity contribution is 0.551. The van der Waals surface area contributed by atoms with Crippen LogP contribution in [0.2, 0.25) is 0 Å². The number of hydrogen-bond donors (Lipinski definition) is 1. The zero-order valence-corrected chi connectivity index (χ0v) is 7.00. The van der Waals surface area contributed by atoms with E-state index in [4.69, 9.17) is 0 Å². The maximum atomic E-state index is 3.47. The van der Waals surface area contributed by atoms with Gasteiger partial charge < -0.3 is 5.32 Å². The van der Waals surface area contributed by atoms with Crippen LogP contribution in [0, 0.1) is 0 Å². The van der Waals surface area contributed by atoms with Gasteiger partial charge in [0.05, 0.1) is 0 Å². The maximum Gasteiger partial charge on any atom is 0.0144 e. The Bertz CT molecular complexity index is 75.0. The summed E-state index contributed by atoms with van der Waals surface area (Å²) in [4.78, 5) is 0. The van der Waals surface area contributed by atoms with Crippen LogP contribution in [-0.2, 0) is 0 Å². The Morgan fingerprint density at radius 3 is 3.00 bits per heavy atom. The summed E-state index contributed by atoms with van der Waals surface area (Å²) in [5.74, 6) is 1.33. The quantitative estimate of drug-likeness (QED) is 0.554. The van der Waals surface area contributed by atoms with Crippen molar-refractivity contribution in [3.05, 3.63) is 0 Å². The normalized spacial score (nSPS) is 38.0. The topological polar surface area (TPSA) is 12.0 Å². The van der Waals surface area contributed by atoms with E-state index in [2.05, 4.69) is 30.9 Å². The van der Waals surface area contributed by atoms with Crippen molar-refractivity contribution in [3.8, 4) is 0 Å². The highest BCUT2D eigenvalue weighted by atomic mass is 32.2. The van der Waals surface area contributed by atoms with Crippen LogP contribution in [0.15, 0.2) is 0 Å². The van der Waals surface area contributed by atoms with Crippen molar-refractivity contribution in [2.45, 2.75) is 31.6 Å². The van der Waals surface area contributed by atoms with Gasteiger partial charge in [-0.05, 0) is 19.1 Å². The molecule has 0 aromatic rings. The largest absolute Gasteiger partial charge is 0.313 e. The van der Waals surface area contributed by atoms with Gasteiger partial charge in [-0.2, -0.15) is 11.8 Å². The molecule has 0 aliphatic carbocycles. The molecule has 1 aliphatic rings. The Morgan fingerprint density at radius 2 is 2.22 bits per heavy atom. The minimum absolute atomic E-state index is 0.738. The fourth-order valence-corrected chi connectivity index (χ4v) is 2.08. The van der Waals surface area contributed by atoms with Crippen molar-refractivity contribution in [1.82, 2.24) is 5.32 Å². The molecular weight excluding hydrogens is 130 g/mol. The molecule has 2 unspecified atom stereocenters. The zero-order chi connectivity index (χ0) is 6.69. The van der Waals surface area contributed by atoms with E-state index in [1.165, 1.54) is 18.7 Å². The van der Waals surface area contributed by atoms with E-state index in [0.717, 1.165) is 11.3 Å². The molecular formula is C7H15NS. The minimum Gasteiger partial charge on any atom is -0.313 e. The summed E-state index contributed by atoms with van der Waals surface area (Å²) in [6.07, 6.45) is 1.33. The van der Waals surface area contributed by atoms with Gasteiger partial charge in [-0.25, -0.2) is 0 Å². The fourth-order valence-electron chi connectivity index (χ4n) is 0.974. The second kappa shape index (κ2) is 3.47. The molecule has 1 aliphatic heterocycles. The number of rotatable bonds is 0. The van der Waals surface area contributed by atoms with Crippen LogP contribution in [-0.4, -0.2) is 23.6 Å². The highest BCUT2D eigenvalue weighted by Gasteiger charge is 2.10. The van der Waals surface area contributed by atoms with Crippen molar-refractivity contribution < 1.29 is 0 Å². The summed E-state index contributed by atoms with van der Waals surface area (Å²) in [5, 5.41) is 4.29. The van der Waals surface area contributed by atoms with Gasteiger partial charge in [0.2, 0.25) is 0 Å².